The van der Waals surface area contributed by atoms with Crippen LogP contribution >= 0.6 is 49.6 Å². The zero-order valence-electron chi connectivity index (χ0n) is 11.2. The summed E-state index contributed by atoms with van der Waals surface area (Å²) in [7, 11) is 0. The van der Waals surface area contributed by atoms with Crippen molar-refractivity contribution in [3.63, 3.8) is 0 Å². The highest BCUT2D eigenvalue weighted by Gasteiger charge is 2.38. The van der Waals surface area contributed by atoms with Crippen LogP contribution in [-0.2, 0) is 0 Å². The van der Waals surface area contributed by atoms with Crippen LogP contribution in [-0.4, -0.2) is 26.6 Å². The lowest BCUT2D eigenvalue weighted by atomic mass is 10.6. The Bertz CT molecular complexity index is 160. The molecule has 16 heavy (non-hydrogen) atoms. The van der Waals surface area contributed by atoms with Gasteiger partial charge >= 0.3 is 0 Å². The molecule has 0 saturated heterocycles. The molecule has 0 N–H and O–H groups in total. The van der Waals surface area contributed by atoms with Gasteiger partial charge < -0.3 is 0 Å². The van der Waals surface area contributed by atoms with Crippen molar-refractivity contribution in [3.8, 4) is 0 Å². The monoisotopic (exact) mass is 360 g/mol. The van der Waals surface area contributed by atoms with Crippen molar-refractivity contribution in [3.05, 3.63) is 0 Å². The van der Waals surface area contributed by atoms with Gasteiger partial charge in [0, 0.05) is 5.33 Å². The first-order valence-corrected chi connectivity index (χ1v) is 14.0. The van der Waals surface area contributed by atoms with Gasteiger partial charge in [0.25, 0.3) is 0 Å². The van der Waals surface area contributed by atoms with Crippen molar-refractivity contribution in [1.82, 2.24) is 0 Å². The SMILES string of the molecule is CC(C)S[Si](CCBr)(SC(C)C)SC(C)C. The van der Waals surface area contributed by atoms with Gasteiger partial charge in [-0.2, -0.15) is 33.6 Å². The van der Waals surface area contributed by atoms with Gasteiger partial charge in [0.05, 0.1) is 0 Å². The van der Waals surface area contributed by atoms with Gasteiger partial charge in [-0.15, -0.1) is 0 Å². The molecular formula is C11H25BrS3Si. The number of hydrogen-bond acceptors (Lipinski definition) is 3. The van der Waals surface area contributed by atoms with Crippen LogP contribution < -0.4 is 0 Å². The molecule has 0 saturated carbocycles. The van der Waals surface area contributed by atoms with Crippen LogP contribution in [0.5, 0.6) is 0 Å². The Morgan fingerprint density at radius 1 is 0.812 bits per heavy atom. The topological polar surface area (TPSA) is 0 Å². The van der Waals surface area contributed by atoms with Crippen molar-refractivity contribution in [2.75, 3.05) is 5.33 Å². The average Bonchev–Trinajstić information content (AvgIpc) is 1.98. The fourth-order valence-electron chi connectivity index (χ4n) is 1.45. The highest BCUT2D eigenvalue weighted by atomic mass is 79.9. The smallest absolute Gasteiger partial charge is 0.159 e. The van der Waals surface area contributed by atoms with Gasteiger partial charge in [0.2, 0.25) is 5.52 Å². The van der Waals surface area contributed by atoms with Gasteiger partial charge in [0.1, 0.15) is 0 Å². The molecule has 0 spiro atoms. The molecule has 5 heteroatoms. The molecule has 0 aromatic carbocycles. The fraction of sp³-hybridized carbons (Fsp3) is 1.00. The lowest BCUT2D eigenvalue weighted by molar-refractivity contribution is 1.11. The maximum absolute atomic E-state index is 3.65. The van der Waals surface area contributed by atoms with Crippen LogP contribution in [0.4, 0.5) is 0 Å². The summed E-state index contributed by atoms with van der Waals surface area (Å²) in [5.41, 5.74) is -1.28. The molecule has 0 bridgehead atoms. The zero-order chi connectivity index (χ0) is 12.8. The second-order valence-corrected chi connectivity index (χ2v) is 21.5. The second kappa shape index (κ2) is 8.78. The summed E-state index contributed by atoms with van der Waals surface area (Å²) in [5, 5.41) is 3.41. The molecule has 0 aromatic heterocycles. The fourth-order valence-corrected chi connectivity index (χ4v) is 29.3. The van der Waals surface area contributed by atoms with E-state index in [-0.39, 0.29) is 0 Å². The Hall–Kier alpha value is 1.75. The van der Waals surface area contributed by atoms with E-state index < -0.39 is 5.52 Å². The standard InChI is InChI=1S/C11H25BrS3Si/c1-9(2)13-16(8-7-12,14-10(3)4)15-11(5)6/h9-11H,7-8H2,1-6H3. The summed E-state index contributed by atoms with van der Waals surface area (Å²) < 4.78 is 0. The molecule has 0 aliphatic carbocycles. The van der Waals surface area contributed by atoms with Gasteiger partial charge in [-0.05, 0) is 21.8 Å². The highest BCUT2D eigenvalue weighted by Crippen LogP contribution is 2.50. The Kier molecular flexibility index (Phi) is 9.74. The molecule has 0 unspecified atom stereocenters. The zero-order valence-corrected chi connectivity index (χ0v) is 16.3. The predicted molar refractivity (Wildman–Crippen MR) is 92.5 cm³/mol. The van der Waals surface area contributed by atoms with E-state index in [1.807, 2.05) is 0 Å². The van der Waals surface area contributed by atoms with E-state index in [2.05, 4.69) is 91.1 Å². The van der Waals surface area contributed by atoms with Crippen LogP contribution in [0, 0.1) is 0 Å². The molecule has 0 radical (unpaired) electrons. The first-order valence-electron chi connectivity index (χ1n) is 5.90. The summed E-state index contributed by atoms with van der Waals surface area (Å²) in [5.74, 6) is 0. The number of halogens is 1. The average molecular weight is 362 g/mol. The van der Waals surface area contributed by atoms with Crippen LogP contribution in [0.25, 0.3) is 0 Å². The largest absolute Gasteiger partial charge is 0.239 e. The number of alkyl halides is 1. The summed E-state index contributed by atoms with van der Waals surface area (Å²) in [6, 6.07) is 1.36. The molecule has 0 fully saturated rings. The third-order valence-corrected chi connectivity index (χ3v) is 20.6. The lowest BCUT2D eigenvalue weighted by Gasteiger charge is -2.33. The second-order valence-electron chi connectivity index (χ2n) is 4.62. The van der Waals surface area contributed by atoms with Crippen molar-refractivity contribution < 1.29 is 0 Å². The lowest BCUT2D eigenvalue weighted by Crippen LogP contribution is -2.29. The van der Waals surface area contributed by atoms with E-state index in [1.54, 1.807) is 0 Å². The molecule has 0 amide bonds. The summed E-state index contributed by atoms with van der Waals surface area (Å²) in [6.07, 6.45) is 0. The summed E-state index contributed by atoms with van der Waals surface area (Å²) in [6.45, 7) is 14.0. The molecule has 0 atom stereocenters. The van der Waals surface area contributed by atoms with Crippen molar-refractivity contribution >= 4 is 55.1 Å². The molecule has 0 aliphatic rings. The minimum Gasteiger partial charge on any atom is -0.159 e. The van der Waals surface area contributed by atoms with Crippen LogP contribution in [0.2, 0.25) is 6.04 Å². The van der Waals surface area contributed by atoms with Crippen molar-refractivity contribution in [2.45, 2.75) is 63.3 Å². The Balaban J connectivity index is 4.72. The van der Waals surface area contributed by atoms with E-state index in [4.69, 9.17) is 0 Å². The minimum atomic E-state index is -1.28. The Labute approximate surface area is 123 Å². The van der Waals surface area contributed by atoms with Crippen molar-refractivity contribution in [2.24, 2.45) is 0 Å². The third kappa shape index (κ3) is 7.96. The normalized spacial score (nSPS) is 13.1. The first kappa shape index (κ1) is 17.7. The summed E-state index contributed by atoms with van der Waals surface area (Å²) in [4.78, 5) is 0. The van der Waals surface area contributed by atoms with Crippen LogP contribution in [0.15, 0.2) is 0 Å². The van der Waals surface area contributed by atoms with E-state index in [0.717, 1.165) is 21.1 Å². The molecule has 0 heterocycles. The number of rotatable bonds is 8. The number of hydrogen-bond donors (Lipinski definition) is 0. The van der Waals surface area contributed by atoms with Gasteiger partial charge in [-0.25, -0.2) is 0 Å². The minimum absolute atomic E-state index is 0.753. The van der Waals surface area contributed by atoms with Crippen LogP contribution in [0.1, 0.15) is 41.5 Å². The maximum Gasteiger partial charge on any atom is 0.239 e. The molecule has 0 rings (SSSR count). The Morgan fingerprint density at radius 2 is 1.12 bits per heavy atom. The maximum atomic E-state index is 3.65. The molecule has 98 valence electrons. The van der Waals surface area contributed by atoms with Crippen LogP contribution in [0.3, 0.4) is 0 Å². The molecule has 0 nitrogen and oxygen atoms in total. The van der Waals surface area contributed by atoms with Crippen molar-refractivity contribution in [1.29, 1.82) is 0 Å². The third-order valence-electron chi connectivity index (χ3n) is 1.65. The molecule has 0 aromatic rings. The molecular weight excluding hydrogens is 336 g/mol. The van der Waals surface area contributed by atoms with E-state index in [1.165, 1.54) is 6.04 Å². The van der Waals surface area contributed by atoms with Gasteiger partial charge in [-0.1, -0.05) is 57.5 Å². The van der Waals surface area contributed by atoms with E-state index in [9.17, 15) is 0 Å². The highest BCUT2D eigenvalue weighted by molar-refractivity contribution is 9.09. The predicted octanol–water partition coefficient (Wildman–Crippen LogP) is 5.75. The summed E-state index contributed by atoms with van der Waals surface area (Å²) >= 11 is 10.4. The quantitative estimate of drug-likeness (QED) is 0.399. The Morgan fingerprint density at radius 3 is 1.31 bits per heavy atom. The van der Waals surface area contributed by atoms with E-state index in [0.29, 0.717) is 0 Å². The van der Waals surface area contributed by atoms with Gasteiger partial charge in [-0.3, -0.25) is 0 Å². The van der Waals surface area contributed by atoms with E-state index >= 15 is 0 Å². The molecule has 0 aliphatic heterocycles. The van der Waals surface area contributed by atoms with Gasteiger partial charge in [0.15, 0.2) is 0 Å². The first-order chi connectivity index (χ1) is 7.31.